The standard InChI is InChI=1S/C25H28O3/c1-5-16-13-19(18-9-7-15(3)8-10-18)14-17(6-2)21(16)22-23(26)20-11-12-25(4,28-20)24(22)27/h7-10,13-14,20,27H,5-6,11-12H2,1-4H3. The summed E-state index contributed by atoms with van der Waals surface area (Å²) >= 11 is 0. The number of aliphatic hydroxyl groups excluding tert-OH is 1. The van der Waals surface area contributed by atoms with E-state index in [2.05, 4.69) is 57.2 Å². The van der Waals surface area contributed by atoms with Gasteiger partial charge in [0.15, 0.2) is 5.78 Å². The predicted molar refractivity (Wildman–Crippen MR) is 112 cm³/mol. The maximum Gasteiger partial charge on any atom is 0.195 e. The van der Waals surface area contributed by atoms with Crippen molar-refractivity contribution in [3.05, 3.63) is 64.4 Å². The van der Waals surface area contributed by atoms with Gasteiger partial charge in [-0.05, 0) is 67.3 Å². The van der Waals surface area contributed by atoms with Crippen molar-refractivity contribution in [2.24, 2.45) is 0 Å². The minimum absolute atomic E-state index is 0.0695. The summed E-state index contributed by atoms with van der Waals surface area (Å²) < 4.78 is 5.85. The largest absolute Gasteiger partial charge is 0.508 e. The Bertz CT molecular complexity index is 943. The van der Waals surface area contributed by atoms with E-state index >= 15 is 0 Å². The number of carbonyl (C=O) groups is 1. The van der Waals surface area contributed by atoms with E-state index in [0.29, 0.717) is 18.4 Å². The van der Waals surface area contributed by atoms with Crippen LogP contribution in [0.25, 0.3) is 16.7 Å². The highest BCUT2D eigenvalue weighted by Crippen LogP contribution is 2.46. The van der Waals surface area contributed by atoms with Crippen molar-refractivity contribution in [1.29, 1.82) is 0 Å². The number of hydrogen-bond donors (Lipinski definition) is 1. The fraction of sp³-hybridized carbons (Fsp3) is 0.400. The smallest absolute Gasteiger partial charge is 0.195 e. The maximum atomic E-state index is 13.1. The van der Waals surface area contributed by atoms with Crippen LogP contribution in [0.3, 0.4) is 0 Å². The number of hydrogen-bond acceptors (Lipinski definition) is 3. The van der Waals surface area contributed by atoms with Crippen LogP contribution in [-0.2, 0) is 22.4 Å². The van der Waals surface area contributed by atoms with Crippen molar-refractivity contribution in [2.45, 2.75) is 65.1 Å². The molecule has 2 aromatic carbocycles. The number of ether oxygens (including phenoxy) is 1. The molecule has 28 heavy (non-hydrogen) atoms. The monoisotopic (exact) mass is 376 g/mol. The Balaban J connectivity index is 1.92. The Hall–Kier alpha value is -2.39. The van der Waals surface area contributed by atoms with Gasteiger partial charge in [-0.15, -0.1) is 0 Å². The van der Waals surface area contributed by atoms with E-state index in [1.807, 2.05) is 6.92 Å². The highest BCUT2D eigenvalue weighted by atomic mass is 16.5. The van der Waals surface area contributed by atoms with E-state index in [9.17, 15) is 9.90 Å². The molecule has 0 saturated carbocycles. The number of rotatable bonds is 4. The van der Waals surface area contributed by atoms with Crippen molar-refractivity contribution in [1.82, 2.24) is 0 Å². The molecule has 1 fully saturated rings. The van der Waals surface area contributed by atoms with Crippen molar-refractivity contribution in [3.63, 3.8) is 0 Å². The summed E-state index contributed by atoms with van der Waals surface area (Å²) in [5.74, 6) is 0.0405. The SMILES string of the molecule is CCc1cc(-c2ccc(C)cc2)cc(CC)c1C1=C(O)C2(C)CCC(O2)C1=O. The normalized spacial score (nSPS) is 24.1. The number of aryl methyl sites for hydroxylation is 3. The summed E-state index contributed by atoms with van der Waals surface area (Å²) in [4.78, 5) is 13.1. The lowest BCUT2D eigenvalue weighted by atomic mass is 9.83. The first-order valence-corrected chi connectivity index (χ1v) is 10.3. The molecule has 3 heteroatoms. The molecule has 2 heterocycles. The number of aliphatic hydroxyl groups is 1. The van der Waals surface area contributed by atoms with Crippen LogP contribution in [0.15, 0.2) is 42.2 Å². The minimum Gasteiger partial charge on any atom is -0.508 e. The molecular formula is C25H28O3. The first-order valence-electron chi connectivity index (χ1n) is 10.3. The number of Topliss-reactive ketones (excluding diaryl/α,β-unsaturated/α-hetero) is 1. The van der Waals surface area contributed by atoms with Crippen molar-refractivity contribution < 1.29 is 14.6 Å². The molecule has 2 aliphatic heterocycles. The summed E-state index contributed by atoms with van der Waals surface area (Å²) in [5.41, 5.74) is 6.45. The molecule has 0 aliphatic carbocycles. The van der Waals surface area contributed by atoms with E-state index in [-0.39, 0.29) is 11.5 Å². The zero-order valence-corrected chi connectivity index (χ0v) is 17.1. The van der Waals surface area contributed by atoms with Crippen LogP contribution in [0.2, 0.25) is 0 Å². The summed E-state index contributed by atoms with van der Waals surface area (Å²) in [6, 6.07) is 12.9. The minimum atomic E-state index is -0.737. The Kier molecular flexibility index (Phi) is 4.67. The Morgan fingerprint density at radius 3 is 2.25 bits per heavy atom. The van der Waals surface area contributed by atoms with Gasteiger partial charge in [0.1, 0.15) is 17.5 Å². The Labute approximate surface area is 167 Å². The van der Waals surface area contributed by atoms with Crippen LogP contribution in [0.1, 0.15) is 55.9 Å². The lowest BCUT2D eigenvalue weighted by Gasteiger charge is -2.32. The number of carbonyl (C=O) groups excluding carboxylic acids is 1. The number of fused-ring (bicyclic) bond motifs is 2. The summed E-state index contributed by atoms with van der Waals surface area (Å²) in [7, 11) is 0. The van der Waals surface area contributed by atoms with Gasteiger partial charge >= 0.3 is 0 Å². The zero-order chi connectivity index (χ0) is 20.1. The van der Waals surface area contributed by atoms with Crippen molar-refractivity contribution in [2.75, 3.05) is 0 Å². The Morgan fingerprint density at radius 1 is 1.07 bits per heavy atom. The first kappa shape index (κ1) is 18.9. The second-order valence-corrected chi connectivity index (χ2v) is 8.21. The van der Waals surface area contributed by atoms with Gasteiger partial charge in [-0.25, -0.2) is 0 Å². The maximum absolute atomic E-state index is 13.1. The van der Waals surface area contributed by atoms with Crippen LogP contribution in [-0.4, -0.2) is 22.6 Å². The molecule has 2 atom stereocenters. The average molecular weight is 376 g/mol. The van der Waals surface area contributed by atoms with Gasteiger partial charge in [0.05, 0.1) is 5.57 Å². The molecule has 2 aromatic rings. The summed E-state index contributed by atoms with van der Waals surface area (Å²) in [6.07, 6.45) is 2.53. The summed E-state index contributed by atoms with van der Waals surface area (Å²) in [6.45, 7) is 8.19. The molecule has 2 unspecified atom stereocenters. The van der Waals surface area contributed by atoms with Gasteiger partial charge in [0.2, 0.25) is 0 Å². The molecule has 0 spiro atoms. The molecule has 0 amide bonds. The van der Waals surface area contributed by atoms with Crippen LogP contribution in [0.4, 0.5) is 0 Å². The third kappa shape index (κ3) is 2.89. The number of ketones is 1. The van der Waals surface area contributed by atoms with Gasteiger partial charge in [-0.1, -0.05) is 55.8 Å². The van der Waals surface area contributed by atoms with Gasteiger partial charge in [0, 0.05) is 0 Å². The van der Waals surface area contributed by atoms with Gasteiger partial charge in [-0.2, -0.15) is 0 Å². The molecular weight excluding hydrogens is 348 g/mol. The molecule has 0 radical (unpaired) electrons. The molecule has 3 nitrogen and oxygen atoms in total. The quantitative estimate of drug-likeness (QED) is 0.758. The lowest BCUT2D eigenvalue weighted by molar-refractivity contribution is -0.130. The number of benzene rings is 2. The zero-order valence-electron chi connectivity index (χ0n) is 17.1. The molecule has 0 aromatic heterocycles. The van der Waals surface area contributed by atoms with Crippen LogP contribution < -0.4 is 0 Å². The van der Waals surface area contributed by atoms with E-state index in [4.69, 9.17) is 4.74 Å². The fourth-order valence-electron chi connectivity index (χ4n) is 4.54. The lowest BCUT2D eigenvalue weighted by Crippen LogP contribution is -2.38. The Morgan fingerprint density at radius 2 is 1.68 bits per heavy atom. The first-order chi connectivity index (χ1) is 13.4. The van der Waals surface area contributed by atoms with Crippen molar-refractivity contribution in [3.8, 4) is 11.1 Å². The second-order valence-electron chi connectivity index (χ2n) is 8.21. The van der Waals surface area contributed by atoms with E-state index < -0.39 is 11.7 Å². The van der Waals surface area contributed by atoms with E-state index in [0.717, 1.165) is 35.1 Å². The highest BCUT2D eigenvalue weighted by molar-refractivity contribution is 6.25. The second kappa shape index (κ2) is 6.89. The molecule has 1 N–H and O–H groups in total. The van der Waals surface area contributed by atoms with Crippen molar-refractivity contribution >= 4 is 11.4 Å². The molecule has 1 saturated heterocycles. The van der Waals surface area contributed by atoms with Crippen LogP contribution in [0, 0.1) is 6.92 Å². The fourth-order valence-corrected chi connectivity index (χ4v) is 4.54. The third-order valence-corrected chi connectivity index (χ3v) is 6.26. The van der Waals surface area contributed by atoms with Crippen LogP contribution >= 0.6 is 0 Å². The third-order valence-electron chi connectivity index (χ3n) is 6.26. The van der Waals surface area contributed by atoms with Gasteiger partial charge in [0.25, 0.3) is 0 Å². The molecule has 2 aliphatic rings. The highest BCUT2D eigenvalue weighted by Gasteiger charge is 2.50. The molecule has 146 valence electrons. The van der Waals surface area contributed by atoms with Gasteiger partial charge in [-0.3, -0.25) is 4.79 Å². The van der Waals surface area contributed by atoms with E-state index in [1.165, 1.54) is 11.1 Å². The predicted octanol–water partition coefficient (Wildman–Crippen LogP) is 5.58. The molecule has 2 bridgehead atoms. The van der Waals surface area contributed by atoms with Gasteiger partial charge < -0.3 is 9.84 Å². The molecule has 4 rings (SSSR count). The topological polar surface area (TPSA) is 46.5 Å². The van der Waals surface area contributed by atoms with E-state index in [1.54, 1.807) is 0 Å². The van der Waals surface area contributed by atoms with Crippen LogP contribution in [0.5, 0.6) is 0 Å². The summed E-state index contributed by atoms with van der Waals surface area (Å²) in [5, 5.41) is 11.0. The average Bonchev–Trinajstić information content (AvgIpc) is 3.08.